The number of furan rings is 1. The van der Waals surface area contributed by atoms with Crippen LogP contribution in [0.15, 0.2) is 40.8 Å². The molecule has 1 heterocycles. The second-order valence-electron chi connectivity index (χ2n) is 3.78. The number of carboxylic acids is 1. The first-order valence-corrected chi connectivity index (χ1v) is 4.96. The monoisotopic (exact) mass is 230 g/mol. The van der Waals surface area contributed by atoms with Crippen LogP contribution in [0.4, 0.5) is 0 Å². The summed E-state index contributed by atoms with van der Waals surface area (Å²) in [7, 11) is 0. The van der Waals surface area contributed by atoms with Crippen molar-refractivity contribution in [3.8, 4) is 0 Å². The van der Waals surface area contributed by atoms with Gasteiger partial charge in [-0.05, 0) is 36.8 Å². The molecule has 0 aliphatic rings. The van der Waals surface area contributed by atoms with Crippen molar-refractivity contribution in [2.24, 2.45) is 0 Å². The highest BCUT2D eigenvalue weighted by Crippen LogP contribution is 2.21. The van der Waals surface area contributed by atoms with Crippen molar-refractivity contribution >= 4 is 22.7 Å². The third-order valence-electron chi connectivity index (χ3n) is 2.38. The Labute approximate surface area is 97.2 Å². The highest BCUT2D eigenvalue weighted by Gasteiger charge is 2.13. The smallest absolute Gasteiger partial charge is 0.371 e. The molecule has 17 heavy (non-hydrogen) atoms. The molecule has 0 aliphatic heterocycles. The van der Waals surface area contributed by atoms with E-state index in [1.165, 1.54) is 6.07 Å². The lowest BCUT2D eigenvalue weighted by atomic mass is 10.0. The predicted molar refractivity (Wildman–Crippen MR) is 62.3 cm³/mol. The topological polar surface area (TPSA) is 67.5 Å². The first-order chi connectivity index (χ1) is 7.99. The molecule has 0 bridgehead atoms. The molecule has 1 aromatic carbocycles. The van der Waals surface area contributed by atoms with Crippen LogP contribution in [-0.2, 0) is 0 Å². The molecule has 1 aromatic heterocycles. The van der Waals surface area contributed by atoms with E-state index in [4.69, 9.17) is 9.52 Å². The molecule has 0 spiro atoms. The second-order valence-corrected chi connectivity index (χ2v) is 3.78. The van der Waals surface area contributed by atoms with Crippen LogP contribution in [0.3, 0.4) is 0 Å². The van der Waals surface area contributed by atoms with Crippen molar-refractivity contribution < 1.29 is 19.1 Å². The van der Waals surface area contributed by atoms with Gasteiger partial charge in [-0.3, -0.25) is 4.79 Å². The van der Waals surface area contributed by atoms with Crippen LogP contribution < -0.4 is 0 Å². The number of carbonyl (C=O) groups excluding carboxylic acids is 1. The van der Waals surface area contributed by atoms with Crippen LogP contribution in [0.25, 0.3) is 11.0 Å². The van der Waals surface area contributed by atoms with E-state index in [1.54, 1.807) is 25.1 Å². The summed E-state index contributed by atoms with van der Waals surface area (Å²) < 4.78 is 5.09. The minimum atomic E-state index is -1.13. The number of carboxylic acid groups (broad SMARTS) is 1. The van der Waals surface area contributed by atoms with Gasteiger partial charge in [0.05, 0.1) is 0 Å². The molecular formula is C13H10O4. The summed E-state index contributed by atoms with van der Waals surface area (Å²) in [6, 6.07) is 6.17. The van der Waals surface area contributed by atoms with E-state index in [2.05, 4.69) is 6.58 Å². The quantitative estimate of drug-likeness (QED) is 0.650. The van der Waals surface area contributed by atoms with Gasteiger partial charge in [-0.2, -0.15) is 0 Å². The Morgan fingerprint density at radius 3 is 2.59 bits per heavy atom. The number of aromatic carboxylic acids is 1. The zero-order valence-electron chi connectivity index (χ0n) is 9.19. The van der Waals surface area contributed by atoms with E-state index in [9.17, 15) is 9.59 Å². The molecular weight excluding hydrogens is 220 g/mol. The zero-order chi connectivity index (χ0) is 12.6. The number of carbonyl (C=O) groups is 2. The lowest BCUT2D eigenvalue weighted by molar-refractivity contribution is 0.0665. The highest BCUT2D eigenvalue weighted by molar-refractivity contribution is 6.09. The molecule has 0 unspecified atom stereocenters. The lowest BCUT2D eigenvalue weighted by Crippen LogP contribution is -1.98. The molecule has 0 amide bonds. The SMILES string of the molecule is C=C(C)C(=O)c1ccc2oc(C(=O)O)cc2c1. The van der Waals surface area contributed by atoms with Crippen molar-refractivity contribution in [2.45, 2.75) is 6.92 Å². The van der Waals surface area contributed by atoms with Gasteiger partial charge in [0.1, 0.15) is 5.58 Å². The average Bonchev–Trinajstić information content (AvgIpc) is 2.70. The number of Topliss-reactive ketones (excluding diaryl/α,β-unsaturated/α-hetero) is 1. The van der Waals surface area contributed by atoms with Crippen LogP contribution >= 0.6 is 0 Å². The first-order valence-electron chi connectivity index (χ1n) is 4.96. The van der Waals surface area contributed by atoms with Crippen molar-refractivity contribution in [3.63, 3.8) is 0 Å². The van der Waals surface area contributed by atoms with Gasteiger partial charge in [-0.15, -0.1) is 0 Å². The Bertz CT molecular complexity index is 634. The van der Waals surface area contributed by atoms with E-state index in [-0.39, 0.29) is 11.5 Å². The third-order valence-corrected chi connectivity index (χ3v) is 2.38. The third kappa shape index (κ3) is 1.97. The number of ketones is 1. The average molecular weight is 230 g/mol. The van der Waals surface area contributed by atoms with Gasteiger partial charge in [0.2, 0.25) is 5.76 Å². The minimum Gasteiger partial charge on any atom is -0.475 e. The summed E-state index contributed by atoms with van der Waals surface area (Å²) in [5.74, 6) is -1.43. The van der Waals surface area contributed by atoms with Crippen molar-refractivity contribution in [3.05, 3.63) is 47.7 Å². The summed E-state index contributed by atoms with van der Waals surface area (Å²) in [5, 5.41) is 9.37. The molecule has 1 N–H and O–H groups in total. The maximum atomic E-state index is 11.7. The number of hydrogen-bond acceptors (Lipinski definition) is 3. The van der Waals surface area contributed by atoms with E-state index in [1.807, 2.05) is 0 Å². The van der Waals surface area contributed by atoms with Gasteiger partial charge in [-0.25, -0.2) is 4.79 Å². The largest absolute Gasteiger partial charge is 0.475 e. The number of hydrogen-bond donors (Lipinski definition) is 1. The number of rotatable bonds is 3. The van der Waals surface area contributed by atoms with Crippen molar-refractivity contribution in [2.75, 3.05) is 0 Å². The highest BCUT2D eigenvalue weighted by atomic mass is 16.4. The van der Waals surface area contributed by atoms with Crippen LogP contribution in [-0.4, -0.2) is 16.9 Å². The summed E-state index contributed by atoms with van der Waals surface area (Å²) in [6.45, 7) is 5.21. The first kappa shape index (κ1) is 11.1. The fourth-order valence-electron chi connectivity index (χ4n) is 1.54. The van der Waals surface area contributed by atoms with Gasteiger partial charge in [0, 0.05) is 10.9 Å². The molecule has 0 radical (unpaired) electrons. The standard InChI is InChI=1S/C13H10O4/c1-7(2)12(14)8-3-4-10-9(5-8)6-11(17-10)13(15)16/h3-6H,1H2,2H3,(H,15,16). The van der Waals surface area contributed by atoms with Crippen LogP contribution in [0.1, 0.15) is 27.8 Å². The Kier molecular flexibility index (Phi) is 2.55. The summed E-state index contributed by atoms with van der Waals surface area (Å²) in [5.41, 5.74) is 1.36. The molecule has 86 valence electrons. The fraction of sp³-hybridized carbons (Fsp3) is 0.0769. The lowest BCUT2D eigenvalue weighted by Gasteiger charge is -1.98. The molecule has 4 heteroatoms. The minimum absolute atomic E-state index is 0.139. The van der Waals surface area contributed by atoms with Gasteiger partial charge in [-0.1, -0.05) is 6.58 Å². The summed E-state index contributed by atoms with van der Waals surface area (Å²) in [6.07, 6.45) is 0. The Morgan fingerprint density at radius 2 is 2.00 bits per heavy atom. The maximum Gasteiger partial charge on any atom is 0.371 e. The second kappa shape index (κ2) is 3.90. The molecule has 0 saturated heterocycles. The normalized spacial score (nSPS) is 10.4. The fourth-order valence-corrected chi connectivity index (χ4v) is 1.54. The van der Waals surface area contributed by atoms with Crippen LogP contribution in [0.2, 0.25) is 0 Å². The Morgan fingerprint density at radius 1 is 1.29 bits per heavy atom. The molecule has 4 nitrogen and oxygen atoms in total. The number of fused-ring (bicyclic) bond motifs is 1. The number of benzene rings is 1. The van der Waals surface area contributed by atoms with Crippen molar-refractivity contribution in [1.82, 2.24) is 0 Å². The maximum absolute atomic E-state index is 11.7. The van der Waals surface area contributed by atoms with E-state index < -0.39 is 5.97 Å². The zero-order valence-corrected chi connectivity index (χ0v) is 9.19. The predicted octanol–water partition coefficient (Wildman–Crippen LogP) is 2.89. The molecule has 2 aromatic rings. The van der Waals surface area contributed by atoms with Gasteiger partial charge < -0.3 is 9.52 Å². The summed E-state index contributed by atoms with van der Waals surface area (Å²) >= 11 is 0. The van der Waals surface area contributed by atoms with Crippen LogP contribution in [0, 0.1) is 0 Å². The molecule has 2 rings (SSSR count). The van der Waals surface area contributed by atoms with Gasteiger partial charge >= 0.3 is 5.97 Å². The van der Waals surface area contributed by atoms with Crippen LogP contribution in [0.5, 0.6) is 0 Å². The Hall–Kier alpha value is -2.36. The molecule has 0 atom stereocenters. The molecule has 0 fully saturated rings. The Balaban J connectivity index is 2.54. The van der Waals surface area contributed by atoms with E-state index >= 15 is 0 Å². The van der Waals surface area contributed by atoms with E-state index in [0.717, 1.165) is 0 Å². The van der Waals surface area contributed by atoms with Crippen molar-refractivity contribution in [1.29, 1.82) is 0 Å². The number of allylic oxidation sites excluding steroid dienone is 1. The van der Waals surface area contributed by atoms with E-state index in [0.29, 0.717) is 22.1 Å². The molecule has 0 aliphatic carbocycles. The summed E-state index contributed by atoms with van der Waals surface area (Å²) in [4.78, 5) is 22.4. The molecule has 0 saturated carbocycles. The van der Waals surface area contributed by atoms with Gasteiger partial charge in [0.15, 0.2) is 5.78 Å². The van der Waals surface area contributed by atoms with Gasteiger partial charge in [0.25, 0.3) is 0 Å².